The second-order valence-electron chi connectivity index (χ2n) is 9.26. The Labute approximate surface area is 210 Å². The fourth-order valence-corrected chi connectivity index (χ4v) is 5.80. The molecular formula is C25H26F3N5O2S. The summed E-state index contributed by atoms with van der Waals surface area (Å²) >= 11 is 1.29. The Hall–Kier alpha value is -3.21. The fraction of sp³-hybridized carbons (Fsp3) is 0.440. The number of amides is 2. The number of carbonyl (C=O) groups excluding carboxylic acids is 2. The van der Waals surface area contributed by atoms with E-state index in [4.69, 9.17) is 0 Å². The molecule has 0 spiro atoms. The molecule has 2 saturated heterocycles. The van der Waals surface area contributed by atoms with Gasteiger partial charge in [-0.15, -0.1) is 0 Å². The molecule has 0 saturated carbocycles. The van der Waals surface area contributed by atoms with Crippen LogP contribution in [-0.2, 0) is 11.0 Å². The van der Waals surface area contributed by atoms with Gasteiger partial charge in [-0.3, -0.25) is 9.59 Å². The first kappa shape index (κ1) is 24.5. The second kappa shape index (κ2) is 9.68. The zero-order valence-electron chi connectivity index (χ0n) is 19.8. The van der Waals surface area contributed by atoms with E-state index in [1.54, 1.807) is 6.20 Å². The maximum absolute atomic E-state index is 13.4. The normalized spacial score (nSPS) is 17.1. The average molecular weight is 518 g/mol. The maximum atomic E-state index is 13.4. The molecule has 4 heterocycles. The Balaban J connectivity index is 1.36. The molecule has 2 amide bonds. The maximum Gasteiger partial charge on any atom is 0.418 e. The average Bonchev–Trinajstić information content (AvgIpc) is 3.53. The summed E-state index contributed by atoms with van der Waals surface area (Å²) in [5.41, 5.74) is 1.04. The van der Waals surface area contributed by atoms with Crippen LogP contribution in [0.15, 0.2) is 30.5 Å². The summed E-state index contributed by atoms with van der Waals surface area (Å²) in [5, 5.41) is 3.34. The van der Waals surface area contributed by atoms with Crippen molar-refractivity contribution in [2.45, 2.75) is 38.8 Å². The van der Waals surface area contributed by atoms with Crippen LogP contribution in [-0.4, -0.2) is 52.3 Å². The Morgan fingerprint density at radius 3 is 2.47 bits per heavy atom. The van der Waals surface area contributed by atoms with Crippen LogP contribution in [0.3, 0.4) is 0 Å². The van der Waals surface area contributed by atoms with E-state index in [1.165, 1.54) is 29.7 Å². The van der Waals surface area contributed by atoms with E-state index < -0.39 is 23.6 Å². The number of likely N-dealkylation sites (tertiary alicyclic amines) is 1. The van der Waals surface area contributed by atoms with E-state index in [1.807, 2.05) is 11.8 Å². The number of benzene rings is 1. The molecule has 2 aromatic heterocycles. The van der Waals surface area contributed by atoms with Crippen LogP contribution in [0.5, 0.6) is 0 Å². The minimum absolute atomic E-state index is 0.0499. The summed E-state index contributed by atoms with van der Waals surface area (Å²) in [5.74, 6) is -0.904. The Morgan fingerprint density at radius 1 is 1.08 bits per heavy atom. The predicted molar refractivity (Wildman–Crippen MR) is 132 cm³/mol. The first-order valence-corrected chi connectivity index (χ1v) is 12.8. The van der Waals surface area contributed by atoms with Crippen LogP contribution < -0.4 is 10.2 Å². The van der Waals surface area contributed by atoms with Crippen LogP contribution in [0.25, 0.3) is 10.2 Å². The highest BCUT2D eigenvalue weighted by Gasteiger charge is 2.35. The first-order valence-electron chi connectivity index (χ1n) is 12.0. The summed E-state index contributed by atoms with van der Waals surface area (Å²) in [4.78, 5) is 35.4. The van der Waals surface area contributed by atoms with E-state index in [9.17, 15) is 22.8 Å². The van der Waals surface area contributed by atoms with Crippen LogP contribution >= 0.6 is 11.5 Å². The number of pyridine rings is 1. The van der Waals surface area contributed by atoms with Gasteiger partial charge in [0, 0.05) is 38.3 Å². The van der Waals surface area contributed by atoms with Gasteiger partial charge in [-0.05, 0) is 56.3 Å². The Bertz CT molecular complexity index is 1290. The highest BCUT2D eigenvalue weighted by molar-refractivity contribution is 7.13. The lowest BCUT2D eigenvalue weighted by Gasteiger charge is -2.35. The smallest absolute Gasteiger partial charge is 0.370 e. The van der Waals surface area contributed by atoms with Crippen LogP contribution in [0.2, 0.25) is 0 Å². The number of anilines is 2. The lowest BCUT2D eigenvalue weighted by Crippen LogP contribution is -2.40. The topological polar surface area (TPSA) is 78.4 Å². The minimum Gasteiger partial charge on any atom is -0.370 e. The van der Waals surface area contributed by atoms with Crippen LogP contribution in [0, 0.1) is 12.8 Å². The van der Waals surface area contributed by atoms with Gasteiger partial charge in [0.2, 0.25) is 5.91 Å². The minimum atomic E-state index is -4.55. The van der Waals surface area contributed by atoms with Crippen molar-refractivity contribution in [2.75, 3.05) is 36.4 Å². The quantitative estimate of drug-likeness (QED) is 0.521. The largest absolute Gasteiger partial charge is 0.418 e. The third kappa shape index (κ3) is 4.63. The second-order valence-corrected chi connectivity index (χ2v) is 10.0. The molecule has 1 aromatic carbocycles. The number of alkyl halides is 3. The predicted octanol–water partition coefficient (Wildman–Crippen LogP) is 5.11. The molecule has 0 unspecified atom stereocenters. The number of aryl methyl sites for hydroxylation is 1. The lowest BCUT2D eigenvalue weighted by atomic mass is 9.94. The molecule has 0 bridgehead atoms. The van der Waals surface area contributed by atoms with Gasteiger partial charge in [-0.1, -0.05) is 12.1 Å². The monoisotopic (exact) mass is 517 g/mol. The Kier molecular flexibility index (Phi) is 6.59. The number of halogens is 3. The molecular weight excluding hydrogens is 491 g/mol. The molecule has 1 N–H and O–H groups in total. The van der Waals surface area contributed by atoms with Gasteiger partial charge in [0.1, 0.15) is 4.83 Å². The third-order valence-electron chi connectivity index (χ3n) is 6.94. The molecule has 3 aromatic rings. The summed E-state index contributed by atoms with van der Waals surface area (Å²) in [6, 6.07) is 5.00. The van der Waals surface area contributed by atoms with Crippen molar-refractivity contribution in [3.8, 4) is 0 Å². The van der Waals surface area contributed by atoms with Gasteiger partial charge < -0.3 is 15.1 Å². The number of rotatable bonds is 4. The summed E-state index contributed by atoms with van der Waals surface area (Å²) in [6.45, 7) is 4.32. The number of carbonyl (C=O) groups is 2. The molecule has 7 nitrogen and oxygen atoms in total. The molecule has 11 heteroatoms. The van der Waals surface area contributed by atoms with Gasteiger partial charge >= 0.3 is 6.18 Å². The van der Waals surface area contributed by atoms with Crippen molar-refractivity contribution in [3.63, 3.8) is 0 Å². The molecule has 0 aliphatic carbocycles. The number of nitrogens with one attached hydrogen (secondary N) is 1. The van der Waals surface area contributed by atoms with Crippen molar-refractivity contribution < 1.29 is 22.8 Å². The van der Waals surface area contributed by atoms with Gasteiger partial charge in [0.05, 0.1) is 33.6 Å². The number of fused-ring (bicyclic) bond motifs is 1. The highest BCUT2D eigenvalue weighted by atomic mass is 32.1. The fourth-order valence-electron chi connectivity index (χ4n) is 5.05. The van der Waals surface area contributed by atoms with Crippen molar-refractivity contribution in [1.82, 2.24) is 14.3 Å². The molecule has 0 atom stereocenters. The number of hydrogen-bond acceptors (Lipinski definition) is 6. The zero-order chi connectivity index (χ0) is 25.4. The highest BCUT2D eigenvalue weighted by Crippen LogP contribution is 2.38. The molecule has 0 radical (unpaired) electrons. The van der Waals surface area contributed by atoms with Crippen LogP contribution in [0.4, 0.5) is 24.5 Å². The molecule has 2 aliphatic rings. The molecule has 2 aliphatic heterocycles. The van der Waals surface area contributed by atoms with E-state index in [0.717, 1.165) is 53.6 Å². The molecule has 2 fully saturated rings. The number of aromatic nitrogens is 2. The van der Waals surface area contributed by atoms with Gasteiger partial charge in [0.15, 0.2) is 0 Å². The first-order chi connectivity index (χ1) is 17.2. The van der Waals surface area contributed by atoms with Crippen molar-refractivity contribution in [1.29, 1.82) is 0 Å². The van der Waals surface area contributed by atoms with E-state index >= 15 is 0 Å². The Morgan fingerprint density at radius 2 is 1.78 bits per heavy atom. The molecule has 36 heavy (non-hydrogen) atoms. The number of piperidine rings is 1. The summed E-state index contributed by atoms with van der Waals surface area (Å²) in [6.07, 6.45) is -0.0510. The number of hydrogen-bond donors (Lipinski definition) is 1. The van der Waals surface area contributed by atoms with Crippen molar-refractivity contribution in [3.05, 3.63) is 47.3 Å². The van der Waals surface area contributed by atoms with Crippen LogP contribution in [0.1, 0.15) is 47.3 Å². The van der Waals surface area contributed by atoms with Gasteiger partial charge in [0.25, 0.3) is 5.91 Å². The van der Waals surface area contributed by atoms with Gasteiger partial charge in [-0.25, -0.2) is 4.98 Å². The van der Waals surface area contributed by atoms with E-state index in [2.05, 4.69) is 19.6 Å². The standard InChI is InChI=1S/C25H26F3N5O2S/c1-15-20-21(17(14-29-23(20)36-31-15)24(35)33-10-4-5-11-33)32-12-8-16(9-13-32)22(34)30-19-7-3-2-6-18(19)25(26,27)28/h2-3,6-7,14,16H,4-5,8-13H2,1H3,(H,30,34). The molecule has 5 rings (SSSR count). The van der Waals surface area contributed by atoms with Crippen molar-refractivity contribution >= 4 is 44.9 Å². The lowest BCUT2D eigenvalue weighted by molar-refractivity contribution is -0.137. The molecule has 190 valence electrons. The zero-order valence-corrected chi connectivity index (χ0v) is 20.6. The van der Waals surface area contributed by atoms with Gasteiger partial charge in [-0.2, -0.15) is 17.5 Å². The summed E-state index contributed by atoms with van der Waals surface area (Å²) in [7, 11) is 0. The third-order valence-corrected chi connectivity index (χ3v) is 7.79. The number of para-hydroxylation sites is 1. The van der Waals surface area contributed by atoms with E-state index in [-0.39, 0.29) is 11.6 Å². The summed E-state index contributed by atoms with van der Waals surface area (Å²) < 4.78 is 44.4. The van der Waals surface area contributed by atoms with E-state index in [0.29, 0.717) is 31.5 Å². The van der Waals surface area contributed by atoms with Crippen molar-refractivity contribution in [2.24, 2.45) is 5.92 Å². The number of nitrogens with zero attached hydrogens (tertiary/aromatic N) is 4. The SMILES string of the molecule is Cc1nsc2ncc(C(=O)N3CCCC3)c(N3CCC(C(=O)Nc4ccccc4C(F)(F)F)CC3)c12.